The van der Waals surface area contributed by atoms with Crippen LogP contribution in [0.1, 0.15) is 0 Å². The minimum Gasteiger partial charge on any atom is -0.467 e. The first-order chi connectivity index (χ1) is 6.74. The second-order valence-corrected chi connectivity index (χ2v) is 3.12. The number of benzene rings is 1. The normalized spacial score (nSPS) is 10.4. The summed E-state index contributed by atoms with van der Waals surface area (Å²) in [4.78, 5) is 11.4. The first kappa shape index (κ1) is 9.09. The average molecular weight is 211 g/mol. The van der Waals surface area contributed by atoms with Gasteiger partial charge in [-0.2, -0.15) is 0 Å². The van der Waals surface area contributed by atoms with E-state index in [0.29, 0.717) is 15.8 Å². The van der Waals surface area contributed by atoms with Crippen molar-refractivity contribution in [3.8, 4) is 5.95 Å². The number of hydrogen-bond donors (Lipinski definition) is 0. The van der Waals surface area contributed by atoms with Crippen LogP contribution in [0, 0.1) is 0 Å². The molecule has 1 heterocycles. The van der Waals surface area contributed by atoms with Gasteiger partial charge in [-0.3, -0.25) is 0 Å². The van der Waals surface area contributed by atoms with Gasteiger partial charge in [0, 0.05) is 5.39 Å². The van der Waals surface area contributed by atoms with Gasteiger partial charge >= 0.3 is 11.6 Å². The fraction of sp³-hybridized carbons (Fsp3) is 0.100. The van der Waals surface area contributed by atoms with Crippen LogP contribution in [0.4, 0.5) is 0 Å². The van der Waals surface area contributed by atoms with Gasteiger partial charge in [0.15, 0.2) is 0 Å². The number of hydrogen-bond acceptors (Lipinski definition) is 3. The molecule has 0 aliphatic heterocycles. The highest BCUT2D eigenvalue weighted by Gasteiger charge is 2.11. The lowest BCUT2D eigenvalue weighted by atomic mass is 10.2. The molecule has 0 bridgehead atoms. The second-order valence-electron chi connectivity index (χ2n) is 2.74. The van der Waals surface area contributed by atoms with Crippen LogP contribution in [0.3, 0.4) is 0 Å². The van der Waals surface area contributed by atoms with Crippen molar-refractivity contribution in [3.63, 3.8) is 0 Å². The Kier molecular flexibility index (Phi) is 2.17. The van der Waals surface area contributed by atoms with E-state index in [4.69, 9.17) is 20.8 Å². The van der Waals surface area contributed by atoms with E-state index in [-0.39, 0.29) is 5.95 Å². The predicted octanol–water partition coefficient (Wildman–Crippen LogP) is 2.46. The standard InChI is InChI=1S/C10H7ClO3/c1-13-10-8(11)6-4-2-3-5-7(6)9(12)14-10/h2-5H,1H3. The average Bonchev–Trinajstić information content (AvgIpc) is 2.23. The molecular formula is C10H7ClO3. The lowest BCUT2D eigenvalue weighted by Gasteiger charge is -2.03. The Morgan fingerprint density at radius 3 is 2.57 bits per heavy atom. The molecule has 14 heavy (non-hydrogen) atoms. The molecule has 0 amide bonds. The van der Waals surface area contributed by atoms with E-state index in [9.17, 15) is 4.79 Å². The maximum absolute atomic E-state index is 11.4. The summed E-state index contributed by atoms with van der Waals surface area (Å²) in [6.45, 7) is 0. The SMILES string of the molecule is COc1oc(=O)c2ccccc2c1Cl. The summed E-state index contributed by atoms with van der Waals surface area (Å²) in [5, 5.41) is 1.42. The molecule has 0 saturated heterocycles. The highest BCUT2D eigenvalue weighted by atomic mass is 35.5. The van der Waals surface area contributed by atoms with Gasteiger partial charge in [0.05, 0.1) is 12.5 Å². The Hall–Kier alpha value is -1.48. The summed E-state index contributed by atoms with van der Waals surface area (Å²) in [5.41, 5.74) is -0.443. The van der Waals surface area contributed by atoms with Crippen molar-refractivity contribution in [1.82, 2.24) is 0 Å². The highest BCUT2D eigenvalue weighted by Crippen LogP contribution is 2.29. The molecule has 1 aromatic carbocycles. The maximum Gasteiger partial charge on any atom is 0.346 e. The molecule has 2 rings (SSSR count). The highest BCUT2D eigenvalue weighted by molar-refractivity contribution is 6.36. The summed E-state index contributed by atoms with van der Waals surface area (Å²) in [5.74, 6) is 0.0513. The molecule has 0 N–H and O–H groups in total. The smallest absolute Gasteiger partial charge is 0.346 e. The van der Waals surface area contributed by atoms with Gasteiger partial charge < -0.3 is 9.15 Å². The van der Waals surface area contributed by atoms with E-state index >= 15 is 0 Å². The largest absolute Gasteiger partial charge is 0.467 e. The Balaban J connectivity index is 2.95. The molecule has 0 spiro atoms. The van der Waals surface area contributed by atoms with Gasteiger partial charge in [-0.1, -0.05) is 29.8 Å². The van der Waals surface area contributed by atoms with Gasteiger partial charge in [-0.25, -0.2) is 4.79 Å². The zero-order valence-electron chi connectivity index (χ0n) is 7.41. The minimum absolute atomic E-state index is 0.0513. The third kappa shape index (κ3) is 1.26. The van der Waals surface area contributed by atoms with E-state index in [2.05, 4.69) is 0 Å². The van der Waals surface area contributed by atoms with Crippen molar-refractivity contribution in [2.75, 3.05) is 7.11 Å². The molecule has 0 radical (unpaired) electrons. The Morgan fingerprint density at radius 1 is 1.29 bits per heavy atom. The number of ether oxygens (including phenoxy) is 1. The van der Waals surface area contributed by atoms with Crippen molar-refractivity contribution < 1.29 is 9.15 Å². The zero-order chi connectivity index (χ0) is 10.1. The van der Waals surface area contributed by atoms with Crippen molar-refractivity contribution in [3.05, 3.63) is 39.7 Å². The van der Waals surface area contributed by atoms with Crippen LogP contribution < -0.4 is 10.4 Å². The lowest BCUT2D eigenvalue weighted by Crippen LogP contribution is -2.01. The molecule has 3 nitrogen and oxygen atoms in total. The molecule has 72 valence electrons. The third-order valence-electron chi connectivity index (χ3n) is 1.93. The van der Waals surface area contributed by atoms with Gasteiger partial charge in [0.1, 0.15) is 5.02 Å². The van der Waals surface area contributed by atoms with Crippen LogP contribution in [-0.2, 0) is 0 Å². The second kappa shape index (κ2) is 3.35. The molecule has 0 aliphatic carbocycles. The topological polar surface area (TPSA) is 39.4 Å². The van der Waals surface area contributed by atoms with Gasteiger partial charge in [0.25, 0.3) is 0 Å². The first-order valence-corrected chi connectivity index (χ1v) is 4.37. The van der Waals surface area contributed by atoms with Crippen molar-refractivity contribution in [2.45, 2.75) is 0 Å². The number of halogens is 1. The van der Waals surface area contributed by atoms with Crippen molar-refractivity contribution >= 4 is 22.4 Å². The van der Waals surface area contributed by atoms with Crippen LogP contribution in [0.25, 0.3) is 10.8 Å². The monoisotopic (exact) mass is 210 g/mol. The predicted molar refractivity (Wildman–Crippen MR) is 54.0 cm³/mol. The summed E-state index contributed by atoms with van der Waals surface area (Å²) >= 11 is 5.96. The molecular weight excluding hydrogens is 204 g/mol. The van der Waals surface area contributed by atoms with Crippen molar-refractivity contribution in [1.29, 1.82) is 0 Å². The van der Waals surface area contributed by atoms with Gasteiger partial charge in [-0.05, 0) is 6.07 Å². The Morgan fingerprint density at radius 2 is 1.93 bits per heavy atom. The molecule has 0 atom stereocenters. The number of fused-ring (bicyclic) bond motifs is 1. The van der Waals surface area contributed by atoms with Crippen LogP contribution >= 0.6 is 11.6 Å². The van der Waals surface area contributed by atoms with E-state index in [1.54, 1.807) is 24.3 Å². The Bertz CT molecular complexity index is 530. The first-order valence-electron chi connectivity index (χ1n) is 3.99. The molecule has 1 aromatic heterocycles. The van der Waals surface area contributed by atoms with Crippen molar-refractivity contribution in [2.24, 2.45) is 0 Å². The van der Waals surface area contributed by atoms with E-state index in [1.807, 2.05) is 0 Å². The van der Waals surface area contributed by atoms with E-state index < -0.39 is 5.63 Å². The Labute approximate surface area is 84.9 Å². The van der Waals surface area contributed by atoms with E-state index in [1.165, 1.54) is 7.11 Å². The molecule has 0 aliphatic rings. The van der Waals surface area contributed by atoms with Crippen LogP contribution in [0.5, 0.6) is 5.95 Å². The molecule has 4 heteroatoms. The molecule has 0 unspecified atom stereocenters. The fourth-order valence-corrected chi connectivity index (χ4v) is 1.56. The summed E-state index contributed by atoms with van der Waals surface area (Å²) in [7, 11) is 1.40. The summed E-state index contributed by atoms with van der Waals surface area (Å²) in [6, 6.07) is 6.96. The van der Waals surface area contributed by atoms with Gasteiger partial charge in [0.2, 0.25) is 0 Å². The van der Waals surface area contributed by atoms with Gasteiger partial charge in [-0.15, -0.1) is 0 Å². The lowest BCUT2D eigenvalue weighted by molar-refractivity contribution is 0.289. The summed E-state index contributed by atoms with van der Waals surface area (Å²) in [6.07, 6.45) is 0. The van der Waals surface area contributed by atoms with Crippen LogP contribution in [0.2, 0.25) is 5.02 Å². The molecule has 2 aromatic rings. The maximum atomic E-state index is 11.4. The quantitative estimate of drug-likeness (QED) is 0.726. The van der Waals surface area contributed by atoms with Crippen LogP contribution in [-0.4, -0.2) is 7.11 Å². The molecule has 0 saturated carbocycles. The third-order valence-corrected chi connectivity index (χ3v) is 2.29. The molecule has 0 fully saturated rings. The summed E-state index contributed by atoms with van der Waals surface area (Å²) < 4.78 is 9.70. The minimum atomic E-state index is -0.443. The number of methoxy groups -OCH3 is 1. The van der Waals surface area contributed by atoms with Crippen LogP contribution in [0.15, 0.2) is 33.5 Å². The fourth-order valence-electron chi connectivity index (χ4n) is 1.28. The number of rotatable bonds is 1. The zero-order valence-corrected chi connectivity index (χ0v) is 8.17. The van der Waals surface area contributed by atoms with E-state index in [0.717, 1.165) is 0 Å².